The van der Waals surface area contributed by atoms with Gasteiger partial charge in [0.1, 0.15) is 0 Å². The van der Waals surface area contributed by atoms with Crippen molar-refractivity contribution in [3.63, 3.8) is 0 Å². The van der Waals surface area contributed by atoms with Gasteiger partial charge in [0.25, 0.3) is 0 Å². The van der Waals surface area contributed by atoms with Gasteiger partial charge in [-0.2, -0.15) is 0 Å². The first-order valence-corrected chi connectivity index (χ1v) is 10.3. The fourth-order valence-corrected chi connectivity index (χ4v) is 4.10. The molecule has 2 aliphatic heterocycles. The Hall–Kier alpha value is -1.53. The van der Waals surface area contributed by atoms with Gasteiger partial charge in [-0.3, -0.25) is 4.99 Å². The Labute approximate surface area is 155 Å². The van der Waals surface area contributed by atoms with Gasteiger partial charge in [0.15, 0.2) is 5.96 Å². The van der Waals surface area contributed by atoms with Crippen molar-refractivity contribution < 1.29 is 4.74 Å². The van der Waals surface area contributed by atoms with Gasteiger partial charge >= 0.3 is 0 Å². The molecular formula is C19H30N4OS. The summed E-state index contributed by atoms with van der Waals surface area (Å²) in [5.74, 6) is 0.963. The summed E-state index contributed by atoms with van der Waals surface area (Å²) in [5, 5.41) is 10.6. The van der Waals surface area contributed by atoms with Crippen LogP contribution in [0.2, 0.25) is 0 Å². The van der Waals surface area contributed by atoms with Crippen molar-refractivity contribution in [2.45, 2.75) is 38.6 Å². The lowest BCUT2D eigenvalue weighted by Gasteiger charge is -2.33. The quantitative estimate of drug-likeness (QED) is 0.464. The van der Waals surface area contributed by atoms with Crippen molar-refractivity contribution in [1.82, 2.24) is 10.6 Å². The van der Waals surface area contributed by atoms with Gasteiger partial charge in [-0.1, -0.05) is 11.6 Å². The van der Waals surface area contributed by atoms with E-state index in [9.17, 15) is 0 Å². The predicted octanol–water partition coefficient (Wildman–Crippen LogP) is 3.01. The molecule has 1 aromatic rings. The molecule has 2 aliphatic rings. The van der Waals surface area contributed by atoms with Crippen LogP contribution in [0.4, 0.5) is 5.00 Å². The molecule has 0 bridgehead atoms. The topological polar surface area (TPSA) is 48.9 Å². The van der Waals surface area contributed by atoms with E-state index in [1.165, 1.54) is 10.6 Å². The molecule has 1 aromatic heterocycles. The highest BCUT2D eigenvalue weighted by molar-refractivity contribution is 7.14. The zero-order valence-corrected chi connectivity index (χ0v) is 16.0. The summed E-state index contributed by atoms with van der Waals surface area (Å²) >= 11 is 1.83. The number of hydrogen-bond donors (Lipinski definition) is 2. The molecule has 3 heterocycles. The Morgan fingerprint density at radius 3 is 2.96 bits per heavy atom. The molecule has 0 aliphatic carbocycles. The van der Waals surface area contributed by atoms with Gasteiger partial charge in [0.05, 0.1) is 18.2 Å². The minimum absolute atomic E-state index is 0.510. The number of guanidine groups is 1. The molecule has 0 amide bonds. The smallest absolute Gasteiger partial charge is 0.191 e. The lowest BCUT2D eigenvalue weighted by atomic mass is 10.1. The van der Waals surface area contributed by atoms with Gasteiger partial charge in [0, 0.05) is 32.2 Å². The maximum Gasteiger partial charge on any atom is 0.191 e. The third-order valence-electron chi connectivity index (χ3n) is 4.76. The minimum Gasteiger partial charge on any atom is -0.377 e. The Morgan fingerprint density at radius 2 is 2.28 bits per heavy atom. The van der Waals surface area contributed by atoms with Gasteiger partial charge in [-0.05, 0) is 50.1 Å². The number of nitrogens with zero attached hydrogens (tertiary/aromatic N) is 2. The summed E-state index contributed by atoms with van der Waals surface area (Å²) in [6.07, 6.45) is 6.62. The summed E-state index contributed by atoms with van der Waals surface area (Å²) in [6.45, 7) is 7.72. The number of anilines is 1. The average Bonchev–Trinajstić information content (AvgIpc) is 3.18. The van der Waals surface area contributed by atoms with E-state index >= 15 is 0 Å². The standard InChI is InChI=1S/C19H30N4OS/c1-2-20-19(21-10-5-16-8-13-24-14-9-16)22-17-6-11-23(12-7-17)18-4-3-15-25-18/h3-4,8,15,17H,2,5-7,9-14H2,1H3,(H2,20,21,22). The van der Waals surface area contributed by atoms with Crippen molar-refractivity contribution in [3.05, 3.63) is 29.2 Å². The normalized spacial score (nSPS) is 19.6. The highest BCUT2D eigenvalue weighted by atomic mass is 32.1. The number of thiophene rings is 1. The van der Waals surface area contributed by atoms with E-state index in [1.807, 2.05) is 11.3 Å². The third kappa shape index (κ3) is 5.75. The SMILES string of the molecule is CCNC(=NCCC1=CCOCC1)NC1CCN(c2cccs2)CC1. The van der Waals surface area contributed by atoms with Crippen LogP contribution >= 0.6 is 11.3 Å². The van der Waals surface area contributed by atoms with Crippen molar-refractivity contribution in [2.24, 2.45) is 4.99 Å². The number of piperidine rings is 1. The maximum atomic E-state index is 5.36. The molecule has 25 heavy (non-hydrogen) atoms. The fraction of sp³-hybridized carbons (Fsp3) is 0.632. The van der Waals surface area contributed by atoms with Gasteiger partial charge in [-0.15, -0.1) is 11.3 Å². The van der Waals surface area contributed by atoms with E-state index in [1.54, 1.807) is 0 Å². The molecule has 0 saturated carbocycles. The Balaban J connectivity index is 1.45. The van der Waals surface area contributed by atoms with Crippen molar-refractivity contribution >= 4 is 22.3 Å². The van der Waals surface area contributed by atoms with E-state index in [4.69, 9.17) is 9.73 Å². The molecule has 1 fully saturated rings. The monoisotopic (exact) mass is 362 g/mol. The van der Waals surface area contributed by atoms with Crippen molar-refractivity contribution in [2.75, 3.05) is 44.3 Å². The molecule has 0 unspecified atom stereocenters. The van der Waals surface area contributed by atoms with Crippen LogP contribution in [0.15, 0.2) is 34.2 Å². The second-order valence-electron chi connectivity index (χ2n) is 6.55. The van der Waals surface area contributed by atoms with Crippen LogP contribution in [-0.2, 0) is 4.74 Å². The van der Waals surface area contributed by atoms with Crippen LogP contribution in [0.1, 0.15) is 32.6 Å². The lowest BCUT2D eigenvalue weighted by molar-refractivity contribution is 0.153. The molecule has 1 saturated heterocycles. The third-order valence-corrected chi connectivity index (χ3v) is 5.69. The first kappa shape index (κ1) is 18.3. The first-order valence-electron chi connectivity index (χ1n) is 9.44. The molecule has 6 heteroatoms. The van der Waals surface area contributed by atoms with Crippen LogP contribution in [0.3, 0.4) is 0 Å². The molecule has 0 aromatic carbocycles. The van der Waals surface area contributed by atoms with E-state index in [0.717, 1.165) is 71.0 Å². The molecule has 138 valence electrons. The van der Waals surface area contributed by atoms with Crippen LogP contribution in [0.25, 0.3) is 0 Å². The molecule has 2 N–H and O–H groups in total. The molecular weight excluding hydrogens is 332 g/mol. The second-order valence-corrected chi connectivity index (χ2v) is 7.48. The molecule has 5 nitrogen and oxygen atoms in total. The van der Waals surface area contributed by atoms with Gasteiger partial charge < -0.3 is 20.3 Å². The first-order chi connectivity index (χ1) is 12.3. The van der Waals surface area contributed by atoms with Crippen molar-refractivity contribution in [1.29, 1.82) is 0 Å². The minimum atomic E-state index is 0.510. The lowest BCUT2D eigenvalue weighted by Crippen LogP contribution is -2.48. The number of ether oxygens (including phenoxy) is 1. The number of aliphatic imine (C=N–C) groups is 1. The molecule has 0 radical (unpaired) electrons. The average molecular weight is 363 g/mol. The maximum absolute atomic E-state index is 5.36. The zero-order chi connectivity index (χ0) is 17.3. The summed E-state index contributed by atoms with van der Waals surface area (Å²) in [4.78, 5) is 7.26. The Morgan fingerprint density at radius 1 is 1.40 bits per heavy atom. The fourth-order valence-electron chi connectivity index (χ4n) is 3.31. The zero-order valence-electron chi connectivity index (χ0n) is 15.2. The summed E-state index contributed by atoms with van der Waals surface area (Å²) in [7, 11) is 0. The van der Waals surface area contributed by atoms with Crippen LogP contribution in [0, 0.1) is 0 Å². The summed E-state index contributed by atoms with van der Waals surface area (Å²) in [5.41, 5.74) is 1.48. The van der Waals surface area contributed by atoms with Crippen LogP contribution in [-0.4, -0.2) is 51.4 Å². The van der Waals surface area contributed by atoms with Crippen LogP contribution < -0.4 is 15.5 Å². The van der Waals surface area contributed by atoms with Crippen molar-refractivity contribution in [3.8, 4) is 0 Å². The Bertz CT molecular complexity index is 562. The molecule has 0 atom stereocenters. The number of rotatable bonds is 6. The van der Waals surface area contributed by atoms with E-state index in [-0.39, 0.29) is 0 Å². The summed E-state index contributed by atoms with van der Waals surface area (Å²) < 4.78 is 5.36. The molecule has 3 rings (SSSR count). The highest BCUT2D eigenvalue weighted by Gasteiger charge is 2.20. The number of nitrogens with one attached hydrogen (secondary N) is 2. The van der Waals surface area contributed by atoms with Crippen LogP contribution in [0.5, 0.6) is 0 Å². The molecule has 0 spiro atoms. The highest BCUT2D eigenvalue weighted by Crippen LogP contribution is 2.24. The van der Waals surface area contributed by atoms with E-state index in [0.29, 0.717) is 6.04 Å². The predicted molar refractivity (Wildman–Crippen MR) is 107 cm³/mol. The van der Waals surface area contributed by atoms with Gasteiger partial charge in [-0.25, -0.2) is 0 Å². The van der Waals surface area contributed by atoms with E-state index in [2.05, 4.69) is 46.0 Å². The largest absolute Gasteiger partial charge is 0.377 e. The summed E-state index contributed by atoms with van der Waals surface area (Å²) in [6, 6.07) is 4.86. The second kappa shape index (κ2) is 9.82. The van der Waals surface area contributed by atoms with Gasteiger partial charge in [0.2, 0.25) is 0 Å². The number of hydrogen-bond acceptors (Lipinski definition) is 4. The van der Waals surface area contributed by atoms with E-state index < -0.39 is 0 Å². The Kier molecular flexibility index (Phi) is 7.18.